The van der Waals surface area contributed by atoms with Crippen molar-refractivity contribution in [2.45, 2.75) is 52.1 Å². The van der Waals surface area contributed by atoms with E-state index in [2.05, 4.69) is 35.9 Å². The van der Waals surface area contributed by atoms with Gasteiger partial charge in [0.05, 0.1) is 6.04 Å². The van der Waals surface area contributed by atoms with Gasteiger partial charge in [-0.15, -0.1) is 0 Å². The Morgan fingerprint density at radius 3 is 2.74 bits per heavy atom. The van der Waals surface area contributed by atoms with E-state index in [0.717, 1.165) is 39.0 Å². The van der Waals surface area contributed by atoms with Crippen LogP contribution in [0.15, 0.2) is 0 Å². The van der Waals surface area contributed by atoms with Crippen LogP contribution in [0.2, 0.25) is 0 Å². The average Bonchev–Trinajstić information content (AvgIpc) is 2.97. The lowest BCUT2D eigenvalue weighted by atomic mass is 10.1. The van der Waals surface area contributed by atoms with Gasteiger partial charge in [-0.05, 0) is 52.1 Å². The number of nitrogens with one attached hydrogen (secondary N) is 1. The molecular formula is C15H29N3O. The Kier molecular flexibility index (Phi) is 5.22. The monoisotopic (exact) mass is 267 g/mol. The van der Waals surface area contributed by atoms with E-state index in [0.29, 0.717) is 17.9 Å². The van der Waals surface area contributed by atoms with Crippen molar-refractivity contribution in [3.05, 3.63) is 0 Å². The minimum absolute atomic E-state index is 0.0857. The topological polar surface area (TPSA) is 35.6 Å². The van der Waals surface area contributed by atoms with Crippen LogP contribution in [-0.2, 0) is 4.79 Å². The molecule has 2 rings (SSSR count). The second-order valence-corrected chi connectivity index (χ2v) is 6.32. The van der Waals surface area contributed by atoms with Crippen molar-refractivity contribution in [3.63, 3.8) is 0 Å². The lowest BCUT2D eigenvalue weighted by Gasteiger charge is -2.23. The Balaban J connectivity index is 1.77. The fraction of sp³-hybridized carbons (Fsp3) is 0.933. The Morgan fingerprint density at radius 2 is 2.11 bits per heavy atom. The van der Waals surface area contributed by atoms with Crippen molar-refractivity contribution in [1.82, 2.24) is 15.1 Å². The summed E-state index contributed by atoms with van der Waals surface area (Å²) in [6.45, 7) is 11.9. The predicted octanol–water partition coefficient (Wildman–Crippen LogP) is 1.32. The normalized spacial score (nSPS) is 28.8. The summed E-state index contributed by atoms with van der Waals surface area (Å²) < 4.78 is 0. The Morgan fingerprint density at radius 1 is 1.32 bits per heavy atom. The first-order valence-corrected chi connectivity index (χ1v) is 7.88. The first-order valence-electron chi connectivity index (χ1n) is 7.88. The Labute approximate surface area is 117 Å². The first kappa shape index (κ1) is 14.8. The maximum atomic E-state index is 12.3. The van der Waals surface area contributed by atoms with E-state index in [1.54, 1.807) is 0 Å². The minimum atomic E-state index is 0.0857. The number of amides is 1. The number of nitrogens with zero attached hydrogens (tertiary/aromatic N) is 2. The van der Waals surface area contributed by atoms with Crippen LogP contribution in [0.25, 0.3) is 0 Å². The van der Waals surface area contributed by atoms with Gasteiger partial charge in [0.15, 0.2) is 0 Å². The molecule has 2 unspecified atom stereocenters. The molecule has 0 aromatic heterocycles. The molecule has 2 aliphatic rings. The second-order valence-electron chi connectivity index (χ2n) is 6.32. The number of likely N-dealkylation sites (tertiary alicyclic amines) is 2. The van der Waals surface area contributed by atoms with Gasteiger partial charge in [0.2, 0.25) is 5.91 Å². The third-order valence-electron chi connectivity index (χ3n) is 4.46. The quantitative estimate of drug-likeness (QED) is 0.788. The van der Waals surface area contributed by atoms with E-state index in [4.69, 9.17) is 0 Å². The third kappa shape index (κ3) is 3.69. The highest BCUT2D eigenvalue weighted by Gasteiger charge is 2.34. The molecule has 0 bridgehead atoms. The van der Waals surface area contributed by atoms with Crippen LogP contribution in [0.5, 0.6) is 0 Å². The van der Waals surface area contributed by atoms with Gasteiger partial charge in [0, 0.05) is 25.7 Å². The van der Waals surface area contributed by atoms with Crippen LogP contribution < -0.4 is 5.32 Å². The van der Waals surface area contributed by atoms with Crippen molar-refractivity contribution in [3.8, 4) is 0 Å². The zero-order valence-electron chi connectivity index (χ0n) is 12.7. The molecule has 0 aromatic rings. The molecule has 0 radical (unpaired) electrons. The number of hydrogen-bond acceptors (Lipinski definition) is 3. The fourth-order valence-corrected chi connectivity index (χ4v) is 3.22. The molecule has 19 heavy (non-hydrogen) atoms. The van der Waals surface area contributed by atoms with Crippen molar-refractivity contribution >= 4 is 5.91 Å². The maximum absolute atomic E-state index is 12.3. The van der Waals surface area contributed by atoms with Crippen LogP contribution in [0.3, 0.4) is 0 Å². The van der Waals surface area contributed by atoms with Crippen molar-refractivity contribution in [2.24, 2.45) is 5.92 Å². The van der Waals surface area contributed by atoms with Gasteiger partial charge in [-0.1, -0.05) is 6.92 Å². The lowest BCUT2D eigenvalue weighted by Crippen LogP contribution is -2.40. The molecular weight excluding hydrogens is 238 g/mol. The maximum Gasteiger partial charge on any atom is 0.239 e. The van der Waals surface area contributed by atoms with Gasteiger partial charge in [-0.2, -0.15) is 0 Å². The number of carbonyl (C=O) groups excluding carboxylic acids is 1. The van der Waals surface area contributed by atoms with Crippen LogP contribution in [0.4, 0.5) is 0 Å². The van der Waals surface area contributed by atoms with E-state index in [-0.39, 0.29) is 6.04 Å². The van der Waals surface area contributed by atoms with E-state index >= 15 is 0 Å². The second kappa shape index (κ2) is 6.71. The molecule has 4 nitrogen and oxygen atoms in total. The molecule has 2 atom stereocenters. The van der Waals surface area contributed by atoms with Gasteiger partial charge in [0.1, 0.15) is 0 Å². The standard InChI is InChI=1S/C15H29N3O/c1-4-7-16-14-6-9-18(15(14)19)11-13-5-8-17(10-13)12(2)3/h12-14,16H,4-11H2,1-3H3. The van der Waals surface area contributed by atoms with Gasteiger partial charge in [-0.25, -0.2) is 0 Å². The van der Waals surface area contributed by atoms with Gasteiger partial charge in [-0.3, -0.25) is 4.79 Å². The zero-order valence-corrected chi connectivity index (χ0v) is 12.7. The van der Waals surface area contributed by atoms with Crippen LogP contribution in [-0.4, -0.2) is 60.5 Å². The van der Waals surface area contributed by atoms with Gasteiger partial charge >= 0.3 is 0 Å². The summed E-state index contributed by atoms with van der Waals surface area (Å²) in [5.74, 6) is 1.01. The van der Waals surface area contributed by atoms with Gasteiger partial charge < -0.3 is 15.1 Å². The highest BCUT2D eigenvalue weighted by atomic mass is 16.2. The first-order chi connectivity index (χ1) is 9.11. The molecule has 4 heteroatoms. The number of rotatable bonds is 6. The van der Waals surface area contributed by atoms with Crippen molar-refractivity contribution < 1.29 is 4.79 Å². The van der Waals surface area contributed by atoms with E-state index in [9.17, 15) is 4.79 Å². The summed E-state index contributed by atoms with van der Waals surface area (Å²) in [4.78, 5) is 16.9. The summed E-state index contributed by atoms with van der Waals surface area (Å²) in [6, 6.07) is 0.723. The average molecular weight is 267 g/mol. The molecule has 0 aromatic carbocycles. The lowest BCUT2D eigenvalue weighted by molar-refractivity contribution is -0.129. The van der Waals surface area contributed by atoms with Crippen molar-refractivity contribution in [2.75, 3.05) is 32.7 Å². The zero-order chi connectivity index (χ0) is 13.8. The molecule has 1 amide bonds. The molecule has 0 saturated carbocycles. The van der Waals surface area contributed by atoms with Crippen molar-refractivity contribution in [1.29, 1.82) is 0 Å². The van der Waals surface area contributed by atoms with E-state index < -0.39 is 0 Å². The Hall–Kier alpha value is -0.610. The van der Waals surface area contributed by atoms with E-state index in [1.807, 2.05) is 0 Å². The Bertz CT molecular complexity index is 306. The summed E-state index contributed by atoms with van der Waals surface area (Å²) in [5, 5.41) is 3.36. The van der Waals surface area contributed by atoms with Crippen LogP contribution in [0, 0.1) is 5.92 Å². The number of carbonyl (C=O) groups is 1. The van der Waals surface area contributed by atoms with Gasteiger partial charge in [0.25, 0.3) is 0 Å². The molecule has 0 aliphatic carbocycles. The molecule has 2 fully saturated rings. The molecule has 0 spiro atoms. The largest absolute Gasteiger partial charge is 0.341 e. The molecule has 2 aliphatic heterocycles. The van der Waals surface area contributed by atoms with Crippen LogP contribution >= 0.6 is 0 Å². The summed E-state index contributed by atoms with van der Waals surface area (Å²) >= 11 is 0. The molecule has 2 heterocycles. The van der Waals surface area contributed by atoms with Crippen LogP contribution in [0.1, 0.15) is 40.0 Å². The minimum Gasteiger partial charge on any atom is -0.341 e. The highest BCUT2D eigenvalue weighted by molar-refractivity contribution is 5.83. The fourth-order valence-electron chi connectivity index (χ4n) is 3.22. The number of hydrogen-bond donors (Lipinski definition) is 1. The summed E-state index contributed by atoms with van der Waals surface area (Å²) in [6.07, 6.45) is 3.32. The SMILES string of the molecule is CCCNC1CCN(CC2CCN(C(C)C)C2)C1=O. The molecule has 110 valence electrons. The smallest absolute Gasteiger partial charge is 0.239 e. The van der Waals surface area contributed by atoms with E-state index in [1.165, 1.54) is 13.0 Å². The molecule has 1 N–H and O–H groups in total. The summed E-state index contributed by atoms with van der Waals surface area (Å²) in [5.41, 5.74) is 0. The molecule has 2 saturated heterocycles. The highest BCUT2D eigenvalue weighted by Crippen LogP contribution is 2.22. The predicted molar refractivity (Wildman–Crippen MR) is 78.1 cm³/mol. The summed E-state index contributed by atoms with van der Waals surface area (Å²) in [7, 11) is 0. The third-order valence-corrected chi connectivity index (χ3v) is 4.46.